The summed E-state index contributed by atoms with van der Waals surface area (Å²) in [6.07, 6.45) is 0.378. The van der Waals surface area contributed by atoms with Gasteiger partial charge in [0, 0.05) is 0 Å². The van der Waals surface area contributed by atoms with Gasteiger partial charge in [-0.3, -0.25) is 4.79 Å². The molecule has 0 fully saturated rings. The standard InChI is InChI=1S/C11H14ClNO3/c1-15-9-4-3-7(6-10(9)16-2)5-8(13)11(12)14/h3-4,6,8H,5,13H2,1-2H3/t8-/m0/s1. The van der Waals surface area contributed by atoms with Gasteiger partial charge >= 0.3 is 0 Å². The maximum Gasteiger partial charge on any atom is 0.238 e. The van der Waals surface area contributed by atoms with E-state index in [9.17, 15) is 4.79 Å². The van der Waals surface area contributed by atoms with Crippen molar-refractivity contribution in [3.63, 3.8) is 0 Å². The maximum absolute atomic E-state index is 10.8. The van der Waals surface area contributed by atoms with Crippen LogP contribution in [0.25, 0.3) is 0 Å². The summed E-state index contributed by atoms with van der Waals surface area (Å²) in [6, 6.07) is 4.67. The van der Waals surface area contributed by atoms with E-state index in [2.05, 4.69) is 0 Å². The highest BCUT2D eigenvalue weighted by molar-refractivity contribution is 6.64. The molecule has 0 aromatic heterocycles. The molecule has 0 amide bonds. The van der Waals surface area contributed by atoms with Crippen LogP contribution in [0.2, 0.25) is 0 Å². The Hall–Kier alpha value is -1.26. The second-order valence-corrected chi connectivity index (χ2v) is 3.68. The van der Waals surface area contributed by atoms with Gasteiger partial charge in [-0.1, -0.05) is 6.07 Å². The average Bonchev–Trinajstić information content (AvgIpc) is 2.28. The first-order valence-corrected chi connectivity index (χ1v) is 5.12. The predicted molar refractivity (Wildman–Crippen MR) is 62.1 cm³/mol. The number of hydrogen-bond donors (Lipinski definition) is 1. The molecule has 0 saturated carbocycles. The molecule has 16 heavy (non-hydrogen) atoms. The Balaban J connectivity index is 2.86. The predicted octanol–water partition coefficient (Wildman–Crippen LogP) is 1.34. The smallest absolute Gasteiger partial charge is 0.238 e. The van der Waals surface area contributed by atoms with Crippen molar-refractivity contribution in [3.8, 4) is 11.5 Å². The van der Waals surface area contributed by atoms with Crippen molar-refractivity contribution in [1.82, 2.24) is 0 Å². The lowest BCUT2D eigenvalue weighted by Gasteiger charge is -2.11. The SMILES string of the molecule is COc1ccc(C[C@H](N)C(=O)Cl)cc1OC. The van der Waals surface area contributed by atoms with Crippen molar-refractivity contribution in [3.05, 3.63) is 23.8 Å². The lowest BCUT2D eigenvalue weighted by Crippen LogP contribution is -2.29. The zero-order chi connectivity index (χ0) is 12.1. The molecular weight excluding hydrogens is 230 g/mol. The van der Waals surface area contributed by atoms with E-state index < -0.39 is 11.3 Å². The quantitative estimate of drug-likeness (QED) is 0.793. The fraction of sp³-hybridized carbons (Fsp3) is 0.364. The number of carbonyl (C=O) groups is 1. The molecule has 1 atom stereocenters. The zero-order valence-electron chi connectivity index (χ0n) is 9.20. The Morgan fingerprint density at radius 2 is 2.00 bits per heavy atom. The molecule has 5 heteroatoms. The molecule has 0 radical (unpaired) electrons. The second-order valence-electron chi connectivity index (χ2n) is 3.30. The molecule has 1 aromatic rings. The second kappa shape index (κ2) is 5.72. The minimum atomic E-state index is -0.695. The van der Waals surface area contributed by atoms with Crippen LogP contribution in [0.15, 0.2) is 18.2 Å². The average molecular weight is 244 g/mol. The van der Waals surface area contributed by atoms with Crippen molar-refractivity contribution in [2.75, 3.05) is 14.2 Å². The van der Waals surface area contributed by atoms with Gasteiger partial charge in [0.05, 0.1) is 20.3 Å². The van der Waals surface area contributed by atoms with E-state index in [1.165, 1.54) is 0 Å². The van der Waals surface area contributed by atoms with Gasteiger partial charge in [-0.2, -0.15) is 0 Å². The summed E-state index contributed by atoms with van der Waals surface area (Å²) in [7, 11) is 3.11. The Morgan fingerprint density at radius 3 is 2.50 bits per heavy atom. The molecule has 0 aliphatic heterocycles. The molecule has 88 valence electrons. The van der Waals surface area contributed by atoms with Crippen molar-refractivity contribution < 1.29 is 14.3 Å². The van der Waals surface area contributed by atoms with Crippen LogP contribution in [0.5, 0.6) is 11.5 Å². The van der Waals surface area contributed by atoms with Gasteiger partial charge in [-0.15, -0.1) is 0 Å². The van der Waals surface area contributed by atoms with Crippen LogP contribution in [0.4, 0.5) is 0 Å². The summed E-state index contributed by atoms with van der Waals surface area (Å²) in [6.45, 7) is 0. The van der Waals surface area contributed by atoms with Gasteiger partial charge in [0.25, 0.3) is 0 Å². The van der Waals surface area contributed by atoms with E-state index in [1.807, 2.05) is 6.07 Å². The number of rotatable bonds is 5. The number of methoxy groups -OCH3 is 2. The number of nitrogens with two attached hydrogens (primary N) is 1. The first-order chi connectivity index (χ1) is 7.58. The van der Waals surface area contributed by atoms with Crippen LogP contribution < -0.4 is 15.2 Å². The first-order valence-electron chi connectivity index (χ1n) is 4.74. The molecule has 1 aromatic carbocycles. The molecule has 0 aliphatic rings. The van der Waals surface area contributed by atoms with Crippen molar-refractivity contribution in [2.45, 2.75) is 12.5 Å². The molecule has 0 aliphatic carbocycles. The summed E-state index contributed by atoms with van der Waals surface area (Å²) in [4.78, 5) is 10.8. The fourth-order valence-electron chi connectivity index (χ4n) is 1.34. The van der Waals surface area contributed by atoms with Crippen LogP contribution in [0.1, 0.15) is 5.56 Å². The number of hydrogen-bond acceptors (Lipinski definition) is 4. The highest BCUT2D eigenvalue weighted by atomic mass is 35.5. The number of halogens is 1. The van der Waals surface area contributed by atoms with Crippen LogP contribution in [-0.2, 0) is 11.2 Å². The molecule has 0 saturated heterocycles. The van der Waals surface area contributed by atoms with Crippen molar-refractivity contribution in [1.29, 1.82) is 0 Å². The molecule has 0 bridgehead atoms. The molecule has 2 N–H and O–H groups in total. The summed E-state index contributed by atoms with van der Waals surface area (Å²) in [5.74, 6) is 1.24. The monoisotopic (exact) mass is 243 g/mol. The largest absolute Gasteiger partial charge is 0.493 e. The van der Waals surface area contributed by atoms with Gasteiger partial charge in [0.15, 0.2) is 11.5 Å². The zero-order valence-corrected chi connectivity index (χ0v) is 9.95. The lowest BCUT2D eigenvalue weighted by molar-refractivity contribution is -0.112. The summed E-state index contributed by atoms with van der Waals surface area (Å²) in [5.41, 5.74) is 6.43. The van der Waals surface area contributed by atoms with E-state index in [-0.39, 0.29) is 0 Å². The third kappa shape index (κ3) is 3.12. The number of ether oxygens (including phenoxy) is 2. The molecule has 0 heterocycles. The summed E-state index contributed by atoms with van der Waals surface area (Å²) >= 11 is 5.29. The summed E-state index contributed by atoms with van der Waals surface area (Å²) in [5, 5.41) is -0.546. The lowest BCUT2D eigenvalue weighted by atomic mass is 10.1. The van der Waals surface area contributed by atoms with Crippen LogP contribution in [0, 0.1) is 0 Å². The topological polar surface area (TPSA) is 61.5 Å². The molecule has 0 spiro atoms. The van der Waals surface area contributed by atoms with Crippen molar-refractivity contribution in [2.24, 2.45) is 5.73 Å². The highest BCUT2D eigenvalue weighted by Crippen LogP contribution is 2.27. The fourth-order valence-corrected chi connectivity index (χ4v) is 1.42. The van der Waals surface area contributed by atoms with E-state index in [4.69, 9.17) is 26.8 Å². The molecular formula is C11H14ClNO3. The van der Waals surface area contributed by atoms with Gasteiger partial charge in [-0.05, 0) is 35.7 Å². The third-order valence-electron chi connectivity index (χ3n) is 2.20. The Labute approximate surface area is 99.3 Å². The van der Waals surface area contributed by atoms with Crippen LogP contribution >= 0.6 is 11.6 Å². The first kappa shape index (κ1) is 12.8. The van der Waals surface area contributed by atoms with Gasteiger partial charge < -0.3 is 15.2 Å². The van der Waals surface area contributed by atoms with Gasteiger partial charge in [0.2, 0.25) is 5.24 Å². The minimum absolute atomic E-state index is 0.378. The number of carbonyl (C=O) groups excluding carboxylic acids is 1. The molecule has 4 nitrogen and oxygen atoms in total. The van der Waals surface area contributed by atoms with Gasteiger partial charge in [-0.25, -0.2) is 0 Å². The Bertz CT molecular complexity index is 381. The maximum atomic E-state index is 10.8. The Morgan fingerprint density at radius 1 is 1.38 bits per heavy atom. The van der Waals surface area contributed by atoms with Crippen LogP contribution in [0.3, 0.4) is 0 Å². The van der Waals surface area contributed by atoms with E-state index >= 15 is 0 Å². The van der Waals surface area contributed by atoms with E-state index in [0.29, 0.717) is 17.9 Å². The highest BCUT2D eigenvalue weighted by Gasteiger charge is 2.12. The Kier molecular flexibility index (Phi) is 4.58. The minimum Gasteiger partial charge on any atom is -0.493 e. The normalized spacial score (nSPS) is 12.0. The van der Waals surface area contributed by atoms with E-state index in [0.717, 1.165) is 5.56 Å². The third-order valence-corrected chi connectivity index (χ3v) is 2.48. The van der Waals surface area contributed by atoms with Crippen LogP contribution in [-0.4, -0.2) is 25.5 Å². The van der Waals surface area contributed by atoms with Gasteiger partial charge in [0.1, 0.15) is 0 Å². The number of benzene rings is 1. The molecule has 0 unspecified atom stereocenters. The molecule has 1 rings (SSSR count). The van der Waals surface area contributed by atoms with E-state index in [1.54, 1.807) is 26.4 Å². The summed E-state index contributed by atoms with van der Waals surface area (Å²) < 4.78 is 10.2. The van der Waals surface area contributed by atoms with Crippen molar-refractivity contribution >= 4 is 16.8 Å².